The van der Waals surface area contributed by atoms with E-state index in [1.807, 2.05) is 5.32 Å². The van der Waals surface area contributed by atoms with Crippen LogP contribution in [0.4, 0.5) is 13.2 Å². The van der Waals surface area contributed by atoms with Crippen LogP contribution in [0, 0.1) is 0 Å². The van der Waals surface area contributed by atoms with Crippen molar-refractivity contribution in [3.8, 4) is 0 Å². The van der Waals surface area contributed by atoms with E-state index in [1.54, 1.807) is 30.3 Å². The highest BCUT2D eigenvalue weighted by Crippen LogP contribution is 2.19. The average Bonchev–Trinajstić information content (AvgIpc) is 2.28. The molecule has 0 saturated carbocycles. The van der Waals surface area contributed by atoms with Crippen LogP contribution in [0.3, 0.4) is 0 Å². The molecule has 1 N–H and O–H groups in total. The molecule has 0 heterocycles. The van der Waals surface area contributed by atoms with Crippen molar-refractivity contribution in [3.63, 3.8) is 0 Å². The number of Topliss-reactive ketones (excluding diaryl/α,β-unsaturated/α-hetero) is 1. The average molecular weight is 245 g/mol. The molecular weight excluding hydrogens is 235 g/mol. The van der Waals surface area contributed by atoms with Crippen LogP contribution in [-0.4, -0.2) is 24.4 Å². The molecule has 1 aromatic rings. The lowest BCUT2D eigenvalue weighted by atomic mass is 10.0. The minimum absolute atomic E-state index is 0.0945. The number of carbonyl (C=O) groups is 2. The van der Waals surface area contributed by atoms with Crippen molar-refractivity contribution >= 4 is 12.2 Å². The molecule has 17 heavy (non-hydrogen) atoms. The molecule has 0 aromatic heterocycles. The molecule has 0 saturated heterocycles. The highest BCUT2D eigenvalue weighted by atomic mass is 19.4. The van der Waals surface area contributed by atoms with Crippen molar-refractivity contribution in [2.24, 2.45) is 0 Å². The molecule has 92 valence electrons. The Bertz CT molecular complexity index is 389. The maximum Gasteiger partial charge on any atom is 0.452 e. The summed E-state index contributed by atoms with van der Waals surface area (Å²) in [5.74, 6) is -1.95. The van der Waals surface area contributed by atoms with Crippen LogP contribution in [0.2, 0.25) is 0 Å². The second kappa shape index (κ2) is 5.47. The lowest BCUT2D eigenvalue weighted by Crippen LogP contribution is -2.45. The molecule has 1 rings (SSSR count). The van der Waals surface area contributed by atoms with Gasteiger partial charge in [0.1, 0.15) is 6.04 Å². The molecule has 0 spiro atoms. The number of halogens is 3. The summed E-state index contributed by atoms with van der Waals surface area (Å²) in [5.41, 5.74) is 0.546. The SMILES string of the molecule is O=CNC(Cc1ccccc1)C(=O)C(F)(F)F. The number of amides is 1. The van der Waals surface area contributed by atoms with Gasteiger partial charge in [0, 0.05) is 6.42 Å². The first-order valence-corrected chi connectivity index (χ1v) is 4.80. The predicted molar refractivity (Wildman–Crippen MR) is 54.2 cm³/mol. The molecule has 1 amide bonds. The second-order valence-electron chi connectivity index (χ2n) is 3.39. The zero-order valence-electron chi connectivity index (χ0n) is 8.70. The number of benzene rings is 1. The number of hydrogen-bond donors (Lipinski definition) is 1. The fourth-order valence-corrected chi connectivity index (χ4v) is 1.36. The minimum atomic E-state index is -4.95. The van der Waals surface area contributed by atoms with E-state index in [0.29, 0.717) is 5.56 Å². The molecule has 0 aliphatic heterocycles. The molecule has 6 heteroatoms. The quantitative estimate of drug-likeness (QED) is 0.798. The normalized spacial score (nSPS) is 12.9. The molecule has 0 radical (unpaired) electrons. The first-order chi connectivity index (χ1) is 7.95. The van der Waals surface area contributed by atoms with Gasteiger partial charge < -0.3 is 5.32 Å². The fraction of sp³-hybridized carbons (Fsp3) is 0.273. The highest BCUT2D eigenvalue weighted by Gasteiger charge is 2.43. The van der Waals surface area contributed by atoms with E-state index in [1.165, 1.54) is 0 Å². The standard InChI is InChI=1S/C11H10F3NO2/c12-11(13,14)10(17)9(15-7-16)6-8-4-2-1-3-5-8/h1-5,7,9H,6H2,(H,15,16). The monoisotopic (exact) mass is 245 g/mol. The Kier molecular flexibility index (Phi) is 4.25. The Hall–Kier alpha value is -1.85. The maximum absolute atomic E-state index is 12.2. The van der Waals surface area contributed by atoms with Gasteiger partial charge in [0.15, 0.2) is 0 Å². The van der Waals surface area contributed by atoms with Crippen LogP contribution in [0.15, 0.2) is 30.3 Å². The van der Waals surface area contributed by atoms with Crippen molar-refractivity contribution in [3.05, 3.63) is 35.9 Å². The second-order valence-corrected chi connectivity index (χ2v) is 3.39. The van der Waals surface area contributed by atoms with Crippen molar-refractivity contribution in [2.45, 2.75) is 18.6 Å². The molecule has 1 atom stereocenters. The number of nitrogens with one attached hydrogen (secondary N) is 1. The topological polar surface area (TPSA) is 46.2 Å². The summed E-state index contributed by atoms with van der Waals surface area (Å²) in [7, 11) is 0. The summed E-state index contributed by atoms with van der Waals surface area (Å²) >= 11 is 0. The van der Waals surface area contributed by atoms with E-state index in [2.05, 4.69) is 0 Å². The van der Waals surface area contributed by atoms with E-state index >= 15 is 0 Å². The summed E-state index contributed by atoms with van der Waals surface area (Å²) in [6, 6.07) is 6.59. The van der Waals surface area contributed by atoms with Gasteiger partial charge in [-0.05, 0) is 5.56 Å². The van der Waals surface area contributed by atoms with E-state index < -0.39 is 18.0 Å². The van der Waals surface area contributed by atoms with Gasteiger partial charge in [-0.3, -0.25) is 9.59 Å². The van der Waals surface area contributed by atoms with E-state index in [9.17, 15) is 22.8 Å². The van der Waals surface area contributed by atoms with Gasteiger partial charge in [-0.15, -0.1) is 0 Å². The smallest absolute Gasteiger partial charge is 0.348 e. The maximum atomic E-state index is 12.2. The fourth-order valence-electron chi connectivity index (χ4n) is 1.36. The van der Waals surface area contributed by atoms with Gasteiger partial charge in [0.2, 0.25) is 6.41 Å². The van der Waals surface area contributed by atoms with Crippen LogP contribution in [0.5, 0.6) is 0 Å². The molecule has 1 unspecified atom stereocenters. The van der Waals surface area contributed by atoms with E-state index in [-0.39, 0.29) is 12.8 Å². The van der Waals surface area contributed by atoms with Crippen LogP contribution in [0.25, 0.3) is 0 Å². The van der Waals surface area contributed by atoms with Gasteiger partial charge in [-0.1, -0.05) is 30.3 Å². The lowest BCUT2D eigenvalue weighted by Gasteiger charge is -2.16. The van der Waals surface area contributed by atoms with Crippen molar-refractivity contribution in [1.82, 2.24) is 5.32 Å². The van der Waals surface area contributed by atoms with Crippen LogP contribution in [-0.2, 0) is 16.0 Å². The van der Waals surface area contributed by atoms with Gasteiger partial charge >= 0.3 is 6.18 Å². The Morgan fingerprint density at radius 3 is 2.35 bits per heavy atom. The highest BCUT2D eigenvalue weighted by molar-refractivity contribution is 5.90. The van der Waals surface area contributed by atoms with Crippen LogP contribution >= 0.6 is 0 Å². The van der Waals surface area contributed by atoms with Gasteiger partial charge in [0.25, 0.3) is 5.78 Å². The molecule has 0 aliphatic rings. The molecule has 0 fully saturated rings. The Morgan fingerprint density at radius 1 is 1.29 bits per heavy atom. The predicted octanol–water partition coefficient (Wildman–Crippen LogP) is 1.48. The molecule has 1 aromatic carbocycles. The third kappa shape index (κ3) is 3.90. The molecule has 0 aliphatic carbocycles. The van der Waals surface area contributed by atoms with Crippen LogP contribution in [0.1, 0.15) is 5.56 Å². The van der Waals surface area contributed by atoms with Gasteiger partial charge in [-0.25, -0.2) is 0 Å². The summed E-state index contributed by atoms with van der Waals surface area (Å²) in [5, 5.41) is 1.89. The summed E-state index contributed by atoms with van der Waals surface area (Å²) in [4.78, 5) is 21.2. The van der Waals surface area contributed by atoms with Crippen molar-refractivity contribution < 1.29 is 22.8 Å². The van der Waals surface area contributed by atoms with E-state index in [4.69, 9.17) is 0 Å². The zero-order valence-corrected chi connectivity index (χ0v) is 8.70. The third-order valence-corrected chi connectivity index (χ3v) is 2.15. The Balaban J connectivity index is 2.80. The number of rotatable bonds is 5. The molecular formula is C11H10F3NO2. The summed E-state index contributed by atoms with van der Waals surface area (Å²) < 4.78 is 36.7. The van der Waals surface area contributed by atoms with Gasteiger partial charge in [0.05, 0.1) is 0 Å². The Labute approximate surface area is 95.6 Å². The van der Waals surface area contributed by atoms with Crippen LogP contribution < -0.4 is 5.32 Å². The summed E-state index contributed by atoms with van der Waals surface area (Å²) in [6.07, 6.45) is -5.04. The Morgan fingerprint density at radius 2 is 1.88 bits per heavy atom. The number of alkyl halides is 3. The van der Waals surface area contributed by atoms with Gasteiger partial charge in [-0.2, -0.15) is 13.2 Å². The third-order valence-electron chi connectivity index (χ3n) is 2.15. The number of ketones is 1. The first kappa shape index (κ1) is 13.2. The summed E-state index contributed by atoms with van der Waals surface area (Å²) in [6.45, 7) is 0. The zero-order chi connectivity index (χ0) is 12.9. The molecule has 3 nitrogen and oxygen atoms in total. The van der Waals surface area contributed by atoms with Crippen molar-refractivity contribution in [2.75, 3.05) is 0 Å². The minimum Gasteiger partial charge on any atom is -0.348 e. The first-order valence-electron chi connectivity index (χ1n) is 4.80. The number of carbonyl (C=O) groups excluding carboxylic acids is 2. The van der Waals surface area contributed by atoms with Crippen molar-refractivity contribution in [1.29, 1.82) is 0 Å². The largest absolute Gasteiger partial charge is 0.452 e. The van der Waals surface area contributed by atoms with E-state index in [0.717, 1.165) is 0 Å². The number of hydrogen-bond acceptors (Lipinski definition) is 2. The molecule has 0 bridgehead atoms. The lowest BCUT2D eigenvalue weighted by molar-refractivity contribution is -0.173.